The first-order valence-electron chi connectivity index (χ1n) is 4.00. The molecule has 66 valence electrons. The van der Waals surface area contributed by atoms with E-state index in [4.69, 9.17) is 17.0 Å². The van der Waals surface area contributed by atoms with Crippen LogP contribution in [0.5, 0.6) is 0 Å². The molecule has 0 aromatic carbocycles. The summed E-state index contributed by atoms with van der Waals surface area (Å²) in [6.07, 6.45) is 1.97. The van der Waals surface area contributed by atoms with Crippen molar-refractivity contribution in [3.05, 3.63) is 0 Å². The molecule has 0 aliphatic carbocycles. The van der Waals surface area contributed by atoms with Gasteiger partial charge in [0.2, 0.25) is 0 Å². The molecule has 2 N–H and O–H groups in total. The van der Waals surface area contributed by atoms with Crippen molar-refractivity contribution in [2.24, 2.45) is 0 Å². The van der Waals surface area contributed by atoms with Gasteiger partial charge in [-0.2, -0.15) is 0 Å². The van der Waals surface area contributed by atoms with Crippen molar-refractivity contribution in [2.45, 2.75) is 25.0 Å². The second kappa shape index (κ2) is 2.99. The van der Waals surface area contributed by atoms with E-state index in [2.05, 4.69) is 10.6 Å². The average molecular weight is 186 g/mol. The maximum Gasteiger partial charge on any atom is 0.251 e. The summed E-state index contributed by atoms with van der Waals surface area (Å²) >= 11 is 4.81. The molecule has 0 saturated carbocycles. The lowest BCUT2D eigenvalue weighted by Crippen LogP contribution is -2.40. The Labute approximate surface area is 75.7 Å². The molecule has 5 heteroatoms. The van der Waals surface area contributed by atoms with Crippen molar-refractivity contribution in [3.63, 3.8) is 0 Å². The fourth-order valence-electron chi connectivity index (χ4n) is 1.56. The minimum Gasteiger partial charge on any atom is -0.376 e. The summed E-state index contributed by atoms with van der Waals surface area (Å²) in [6.45, 7) is 0.753. The minimum absolute atomic E-state index is 0.00505. The van der Waals surface area contributed by atoms with Gasteiger partial charge in [0.1, 0.15) is 6.04 Å². The molecule has 2 heterocycles. The molecule has 2 fully saturated rings. The van der Waals surface area contributed by atoms with Gasteiger partial charge in [-0.3, -0.25) is 4.79 Å². The van der Waals surface area contributed by atoms with Crippen LogP contribution in [0, 0.1) is 0 Å². The minimum atomic E-state index is -0.264. The highest BCUT2D eigenvalue weighted by Crippen LogP contribution is 2.17. The van der Waals surface area contributed by atoms with Crippen LogP contribution in [0.1, 0.15) is 12.8 Å². The number of hydrogen-bond acceptors (Lipinski definition) is 3. The molecule has 2 aliphatic rings. The third kappa shape index (κ3) is 1.30. The van der Waals surface area contributed by atoms with Gasteiger partial charge in [0.05, 0.1) is 6.10 Å². The molecule has 2 rings (SSSR count). The van der Waals surface area contributed by atoms with Crippen molar-refractivity contribution in [1.29, 1.82) is 0 Å². The molecule has 0 aromatic rings. The zero-order valence-corrected chi connectivity index (χ0v) is 7.32. The predicted molar refractivity (Wildman–Crippen MR) is 46.6 cm³/mol. The van der Waals surface area contributed by atoms with E-state index < -0.39 is 0 Å². The van der Waals surface area contributed by atoms with Crippen molar-refractivity contribution in [3.8, 4) is 0 Å². The fraction of sp³-hybridized carbons (Fsp3) is 0.714. The third-order valence-corrected chi connectivity index (χ3v) is 2.36. The van der Waals surface area contributed by atoms with Crippen LogP contribution in [0.25, 0.3) is 0 Å². The Morgan fingerprint density at radius 3 is 2.92 bits per heavy atom. The highest BCUT2D eigenvalue weighted by atomic mass is 32.1. The molecular weight excluding hydrogens is 176 g/mol. The Morgan fingerprint density at radius 1 is 1.58 bits per heavy atom. The second-order valence-electron chi connectivity index (χ2n) is 2.99. The topological polar surface area (TPSA) is 50.4 Å². The van der Waals surface area contributed by atoms with Crippen LogP contribution in [0.4, 0.5) is 0 Å². The van der Waals surface area contributed by atoms with Gasteiger partial charge in [0.25, 0.3) is 5.91 Å². The number of thiocarbonyl (C=S) groups is 1. The lowest BCUT2D eigenvalue weighted by molar-refractivity contribution is -0.122. The fourth-order valence-corrected chi connectivity index (χ4v) is 1.79. The highest BCUT2D eigenvalue weighted by molar-refractivity contribution is 7.80. The Kier molecular flexibility index (Phi) is 1.98. The molecule has 0 spiro atoms. The zero-order valence-electron chi connectivity index (χ0n) is 6.50. The summed E-state index contributed by atoms with van der Waals surface area (Å²) in [6, 6.07) is -0.264. The molecule has 2 atom stereocenters. The van der Waals surface area contributed by atoms with E-state index in [1.165, 1.54) is 0 Å². The first-order valence-corrected chi connectivity index (χ1v) is 4.41. The SMILES string of the molecule is O=C1NC(=S)NC1C1CCCO1. The van der Waals surface area contributed by atoms with Crippen LogP contribution in [0.2, 0.25) is 0 Å². The first-order chi connectivity index (χ1) is 5.77. The number of carbonyl (C=O) groups is 1. The van der Waals surface area contributed by atoms with Crippen LogP contribution < -0.4 is 10.6 Å². The Hall–Kier alpha value is -0.680. The molecule has 4 nitrogen and oxygen atoms in total. The Balaban J connectivity index is 2.03. The largest absolute Gasteiger partial charge is 0.376 e. The molecular formula is C7H10N2O2S. The summed E-state index contributed by atoms with van der Waals surface area (Å²) in [5.41, 5.74) is 0. The number of amides is 1. The predicted octanol–water partition coefficient (Wildman–Crippen LogP) is -0.462. The van der Waals surface area contributed by atoms with E-state index in [1.807, 2.05) is 0 Å². The van der Waals surface area contributed by atoms with Crippen molar-refractivity contribution in [2.75, 3.05) is 6.61 Å². The van der Waals surface area contributed by atoms with E-state index in [0.29, 0.717) is 5.11 Å². The Morgan fingerprint density at radius 2 is 2.42 bits per heavy atom. The second-order valence-corrected chi connectivity index (χ2v) is 3.40. The van der Waals surface area contributed by atoms with Crippen LogP contribution in [-0.2, 0) is 9.53 Å². The summed E-state index contributed by atoms with van der Waals surface area (Å²) in [5.74, 6) is -0.0631. The molecule has 2 aliphatic heterocycles. The van der Waals surface area contributed by atoms with Crippen molar-refractivity contribution >= 4 is 23.2 Å². The number of rotatable bonds is 1. The number of nitrogens with one attached hydrogen (secondary N) is 2. The average Bonchev–Trinajstić information content (AvgIpc) is 2.58. The normalized spacial score (nSPS) is 35.0. The monoisotopic (exact) mass is 186 g/mol. The molecule has 2 unspecified atom stereocenters. The van der Waals surface area contributed by atoms with E-state index in [1.54, 1.807) is 0 Å². The summed E-state index contributed by atoms with van der Waals surface area (Å²) in [5, 5.41) is 5.85. The van der Waals surface area contributed by atoms with Crippen LogP contribution in [-0.4, -0.2) is 29.8 Å². The molecule has 0 aromatic heterocycles. The van der Waals surface area contributed by atoms with E-state index in [-0.39, 0.29) is 18.1 Å². The summed E-state index contributed by atoms with van der Waals surface area (Å²) in [4.78, 5) is 11.2. The van der Waals surface area contributed by atoms with Crippen LogP contribution in [0.15, 0.2) is 0 Å². The number of hydrogen-bond donors (Lipinski definition) is 2. The Bertz CT molecular complexity index is 225. The van der Waals surface area contributed by atoms with Gasteiger partial charge in [-0.05, 0) is 25.1 Å². The van der Waals surface area contributed by atoms with Gasteiger partial charge in [-0.15, -0.1) is 0 Å². The van der Waals surface area contributed by atoms with Gasteiger partial charge < -0.3 is 15.4 Å². The molecule has 0 radical (unpaired) electrons. The smallest absolute Gasteiger partial charge is 0.251 e. The third-order valence-electron chi connectivity index (χ3n) is 2.14. The van der Waals surface area contributed by atoms with Gasteiger partial charge in [0.15, 0.2) is 5.11 Å². The lowest BCUT2D eigenvalue weighted by Gasteiger charge is -2.14. The van der Waals surface area contributed by atoms with Crippen molar-refractivity contribution in [1.82, 2.24) is 10.6 Å². The number of ether oxygens (including phenoxy) is 1. The van der Waals surface area contributed by atoms with E-state index in [0.717, 1.165) is 19.4 Å². The van der Waals surface area contributed by atoms with Gasteiger partial charge in [-0.25, -0.2) is 0 Å². The highest BCUT2D eigenvalue weighted by Gasteiger charge is 2.36. The summed E-state index contributed by atoms with van der Waals surface area (Å²) in [7, 11) is 0. The maximum atomic E-state index is 11.2. The van der Waals surface area contributed by atoms with E-state index in [9.17, 15) is 4.79 Å². The quantitative estimate of drug-likeness (QED) is 0.544. The van der Waals surface area contributed by atoms with E-state index >= 15 is 0 Å². The molecule has 1 amide bonds. The standard InChI is InChI=1S/C7H10N2O2S/c10-6-5(8-7(12)9-6)4-2-1-3-11-4/h4-5H,1-3H2,(H2,8,9,10,12). The summed E-state index contributed by atoms with van der Waals surface area (Å²) < 4.78 is 5.37. The van der Waals surface area contributed by atoms with Gasteiger partial charge >= 0.3 is 0 Å². The lowest BCUT2D eigenvalue weighted by atomic mass is 10.1. The zero-order chi connectivity index (χ0) is 8.55. The molecule has 0 bridgehead atoms. The van der Waals surface area contributed by atoms with Crippen LogP contribution >= 0.6 is 12.2 Å². The molecule has 12 heavy (non-hydrogen) atoms. The first kappa shape index (κ1) is 7.94. The van der Waals surface area contributed by atoms with Crippen molar-refractivity contribution < 1.29 is 9.53 Å². The van der Waals surface area contributed by atoms with Gasteiger partial charge in [0, 0.05) is 6.61 Å². The van der Waals surface area contributed by atoms with Crippen LogP contribution in [0.3, 0.4) is 0 Å². The maximum absolute atomic E-state index is 11.2. The number of carbonyl (C=O) groups excluding carboxylic acids is 1. The van der Waals surface area contributed by atoms with Gasteiger partial charge in [-0.1, -0.05) is 0 Å². The molecule has 2 saturated heterocycles.